The van der Waals surface area contributed by atoms with Crippen LogP contribution in [0.5, 0.6) is 0 Å². The van der Waals surface area contributed by atoms with Crippen LogP contribution in [0.1, 0.15) is 10.7 Å². The van der Waals surface area contributed by atoms with Crippen LogP contribution in [0.15, 0.2) is 53.4 Å². The molecule has 34 heavy (non-hydrogen) atoms. The van der Waals surface area contributed by atoms with E-state index in [1.807, 2.05) is 0 Å². The van der Waals surface area contributed by atoms with Gasteiger partial charge in [0.15, 0.2) is 16.5 Å². The molecule has 4 heterocycles. The Morgan fingerprint density at radius 3 is 2.47 bits per heavy atom. The first kappa shape index (κ1) is 22.2. The standard InChI is InChI=1S/C21H11ClF4N6OS/c1-10-28-29-20(34-10)16-17(15-13(22)3-2-4-14(15)23)31-33-18(16)12-9-32(11-5-7-27-8-6-11)30-19(12)21(24,25)26/h2-9H,1H3. The zero-order valence-electron chi connectivity index (χ0n) is 17.0. The Balaban J connectivity index is 1.81. The van der Waals surface area contributed by atoms with Crippen molar-refractivity contribution in [3.05, 3.63) is 70.5 Å². The van der Waals surface area contributed by atoms with Crippen molar-refractivity contribution in [3.8, 4) is 38.8 Å². The van der Waals surface area contributed by atoms with Gasteiger partial charge in [0.05, 0.1) is 27.4 Å². The summed E-state index contributed by atoms with van der Waals surface area (Å²) in [5.41, 5.74) is -1.47. The van der Waals surface area contributed by atoms with Crippen molar-refractivity contribution in [1.82, 2.24) is 30.1 Å². The van der Waals surface area contributed by atoms with Gasteiger partial charge in [-0.1, -0.05) is 34.2 Å². The highest BCUT2D eigenvalue weighted by Gasteiger charge is 2.40. The summed E-state index contributed by atoms with van der Waals surface area (Å²) in [5.74, 6) is -1.02. The average Bonchev–Trinajstić information content (AvgIpc) is 3.51. The first-order chi connectivity index (χ1) is 16.2. The lowest BCUT2D eigenvalue weighted by Crippen LogP contribution is -2.08. The van der Waals surface area contributed by atoms with Gasteiger partial charge in [-0.05, 0) is 31.2 Å². The van der Waals surface area contributed by atoms with Crippen molar-refractivity contribution in [2.24, 2.45) is 0 Å². The van der Waals surface area contributed by atoms with E-state index in [2.05, 4.69) is 25.4 Å². The van der Waals surface area contributed by atoms with Crippen LogP contribution in [0.25, 0.3) is 38.8 Å². The topological polar surface area (TPSA) is 82.5 Å². The van der Waals surface area contributed by atoms with Crippen LogP contribution in [-0.2, 0) is 6.18 Å². The molecule has 0 aliphatic heterocycles. The lowest BCUT2D eigenvalue weighted by molar-refractivity contribution is -0.140. The van der Waals surface area contributed by atoms with Crippen LogP contribution in [0.4, 0.5) is 17.6 Å². The van der Waals surface area contributed by atoms with E-state index in [1.54, 1.807) is 6.92 Å². The van der Waals surface area contributed by atoms with Crippen LogP contribution < -0.4 is 0 Å². The number of halogens is 5. The van der Waals surface area contributed by atoms with Gasteiger partial charge in [-0.15, -0.1) is 10.2 Å². The molecule has 5 rings (SSSR count). The number of hydrogen-bond donors (Lipinski definition) is 0. The predicted octanol–water partition coefficient (Wildman–Crippen LogP) is 6.23. The van der Waals surface area contributed by atoms with Crippen LogP contribution in [0, 0.1) is 12.7 Å². The molecule has 0 radical (unpaired) electrons. The Morgan fingerprint density at radius 2 is 1.82 bits per heavy atom. The van der Waals surface area contributed by atoms with Crippen molar-refractivity contribution >= 4 is 22.9 Å². The fourth-order valence-corrected chi connectivity index (χ4v) is 4.33. The molecule has 0 bridgehead atoms. The largest absolute Gasteiger partial charge is 0.435 e. The fourth-order valence-electron chi connectivity index (χ4n) is 3.34. The van der Waals surface area contributed by atoms with Gasteiger partial charge in [-0.2, -0.15) is 18.3 Å². The number of aryl methyl sites for hydroxylation is 1. The van der Waals surface area contributed by atoms with E-state index in [-0.39, 0.29) is 32.6 Å². The summed E-state index contributed by atoms with van der Waals surface area (Å²) in [6.45, 7) is 1.67. The second-order valence-corrected chi connectivity index (χ2v) is 8.59. The fraction of sp³-hybridized carbons (Fsp3) is 0.0952. The predicted molar refractivity (Wildman–Crippen MR) is 116 cm³/mol. The zero-order chi connectivity index (χ0) is 24.0. The summed E-state index contributed by atoms with van der Waals surface area (Å²) >= 11 is 7.30. The Labute approximate surface area is 197 Å². The number of aromatic nitrogens is 6. The van der Waals surface area contributed by atoms with Gasteiger partial charge in [0.2, 0.25) is 0 Å². The summed E-state index contributed by atoms with van der Waals surface area (Å²) in [6.07, 6.45) is -0.828. The molecule has 4 aromatic heterocycles. The molecule has 0 aliphatic rings. The van der Waals surface area contributed by atoms with Crippen molar-refractivity contribution in [1.29, 1.82) is 0 Å². The van der Waals surface area contributed by atoms with Crippen molar-refractivity contribution in [2.75, 3.05) is 0 Å². The minimum Gasteiger partial charge on any atom is -0.355 e. The molecule has 0 N–H and O–H groups in total. The average molecular weight is 507 g/mol. The van der Waals surface area contributed by atoms with Crippen LogP contribution in [-0.4, -0.2) is 30.1 Å². The molecule has 0 fully saturated rings. The van der Waals surface area contributed by atoms with Crippen molar-refractivity contribution < 1.29 is 22.1 Å². The molecule has 172 valence electrons. The lowest BCUT2D eigenvalue weighted by Gasteiger charge is -2.06. The minimum atomic E-state index is -4.83. The van der Waals surface area contributed by atoms with Gasteiger partial charge in [0.1, 0.15) is 16.5 Å². The van der Waals surface area contributed by atoms with E-state index >= 15 is 0 Å². The molecule has 5 aromatic rings. The van der Waals surface area contributed by atoms with Gasteiger partial charge >= 0.3 is 6.18 Å². The molecular weight excluding hydrogens is 496 g/mol. The van der Waals surface area contributed by atoms with E-state index in [9.17, 15) is 17.6 Å². The Hall–Kier alpha value is -3.64. The van der Waals surface area contributed by atoms with Crippen molar-refractivity contribution in [2.45, 2.75) is 13.1 Å². The van der Waals surface area contributed by atoms with Crippen LogP contribution in [0.3, 0.4) is 0 Å². The smallest absolute Gasteiger partial charge is 0.355 e. The third-order valence-corrected chi connectivity index (χ3v) is 5.96. The number of pyridine rings is 1. The molecule has 13 heteroatoms. The summed E-state index contributed by atoms with van der Waals surface area (Å²) in [6, 6.07) is 6.99. The maximum absolute atomic E-state index is 14.7. The number of hydrogen-bond acceptors (Lipinski definition) is 7. The molecule has 0 saturated carbocycles. The molecule has 0 spiro atoms. The molecular formula is C21H11ClF4N6OS. The number of rotatable bonds is 4. The molecule has 0 unspecified atom stereocenters. The monoisotopic (exact) mass is 506 g/mol. The minimum absolute atomic E-state index is 0.00543. The van der Waals surface area contributed by atoms with Gasteiger partial charge < -0.3 is 4.52 Å². The van der Waals surface area contributed by atoms with Crippen molar-refractivity contribution in [3.63, 3.8) is 0 Å². The number of nitrogens with zero attached hydrogens (tertiary/aromatic N) is 6. The summed E-state index contributed by atoms with van der Waals surface area (Å²) in [7, 11) is 0. The third-order valence-electron chi connectivity index (χ3n) is 4.79. The van der Waals surface area contributed by atoms with Gasteiger partial charge in [0, 0.05) is 18.6 Å². The van der Waals surface area contributed by atoms with E-state index in [0.29, 0.717) is 10.7 Å². The summed E-state index contributed by atoms with van der Waals surface area (Å²) < 4.78 is 63.2. The van der Waals surface area contributed by atoms with E-state index in [0.717, 1.165) is 28.3 Å². The van der Waals surface area contributed by atoms with E-state index in [1.165, 1.54) is 36.7 Å². The van der Waals surface area contributed by atoms with Crippen LogP contribution >= 0.6 is 22.9 Å². The Bertz CT molecular complexity index is 1470. The first-order valence-electron chi connectivity index (χ1n) is 9.56. The summed E-state index contributed by atoms with van der Waals surface area (Å²) in [5, 5.41) is 16.3. The Kier molecular flexibility index (Phi) is 5.41. The lowest BCUT2D eigenvalue weighted by atomic mass is 10.0. The highest BCUT2D eigenvalue weighted by atomic mass is 35.5. The molecule has 0 saturated heterocycles. The third kappa shape index (κ3) is 3.84. The molecule has 1 aromatic carbocycles. The highest BCUT2D eigenvalue weighted by molar-refractivity contribution is 7.14. The van der Waals surface area contributed by atoms with E-state index < -0.39 is 23.3 Å². The molecule has 0 amide bonds. The quantitative estimate of drug-likeness (QED) is 0.269. The SMILES string of the molecule is Cc1nnc(-c2c(-c3c(F)cccc3Cl)noc2-c2cn(-c3ccncc3)nc2C(F)(F)F)s1. The molecule has 0 atom stereocenters. The molecule has 7 nitrogen and oxygen atoms in total. The zero-order valence-corrected chi connectivity index (χ0v) is 18.6. The maximum atomic E-state index is 14.7. The molecule has 0 aliphatic carbocycles. The normalized spacial score (nSPS) is 11.8. The highest BCUT2D eigenvalue weighted by Crippen LogP contribution is 2.46. The first-order valence-corrected chi connectivity index (χ1v) is 10.8. The van der Waals surface area contributed by atoms with E-state index in [4.69, 9.17) is 16.1 Å². The second kappa shape index (κ2) is 8.29. The van der Waals surface area contributed by atoms with Gasteiger partial charge in [-0.3, -0.25) is 4.98 Å². The number of benzene rings is 1. The van der Waals surface area contributed by atoms with Gasteiger partial charge in [0.25, 0.3) is 0 Å². The summed E-state index contributed by atoms with van der Waals surface area (Å²) in [4.78, 5) is 3.86. The number of alkyl halides is 3. The second-order valence-electron chi connectivity index (χ2n) is 7.00. The Morgan fingerprint density at radius 1 is 1.06 bits per heavy atom. The van der Waals surface area contributed by atoms with Gasteiger partial charge in [-0.25, -0.2) is 9.07 Å². The maximum Gasteiger partial charge on any atom is 0.435 e. The van der Waals surface area contributed by atoms with Crippen LogP contribution in [0.2, 0.25) is 5.02 Å².